The van der Waals surface area contributed by atoms with Gasteiger partial charge in [-0.25, -0.2) is 4.39 Å². The molecule has 0 N–H and O–H groups in total. The molecule has 0 heterocycles. The summed E-state index contributed by atoms with van der Waals surface area (Å²) in [6, 6.07) is 5.18. The lowest BCUT2D eigenvalue weighted by atomic mass is 9.90. The van der Waals surface area contributed by atoms with Crippen LogP contribution in [-0.4, -0.2) is 5.78 Å². The number of carbonyl (C=O) groups is 1. The van der Waals surface area contributed by atoms with Gasteiger partial charge in [0.2, 0.25) is 0 Å². The Hall–Kier alpha value is -1.18. The van der Waals surface area contributed by atoms with Crippen LogP contribution in [0.2, 0.25) is 0 Å². The van der Waals surface area contributed by atoms with Gasteiger partial charge in [-0.05, 0) is 37.3 Å². The van der Waals surface area contributed by atoms with Crippen molar-refractivity contribution in [3.05, 3.63) is 35.1 Å². The molecule has 0 spiro atoms. The van der Waals surface area contributed by atoms with Crippen molar-refractivity contribution in [2.75, 3.05) is 0 Å². The molecule has 0 aromatic heterocycles. The average Bonchev–Trinajstić information content (AvgIpc) is 2.46. The molecule has 0 bridgehead atoms. The molecule has 0 radical (unpaired) electrons. The fraction of sp³-hybridized carbons (Fsp3) is 0.500. The molecule has 2 heteroatoms. The maximum absolute atomic E-state index is 13.7. The number of ketones is 1. The van der Waals surface area contributed by atoms with Gasteiger partial charge in [0.1, 0.15) is 11.6 Å². The van der Waals surface area contributed by atoms with Gasteiger partial charge in [0.05, 0.1) is 0 Å². The van der Waals surface area contributed by atoms with E-state index in [0.717, 1.165) is 30.4 Å². The van der Waals surface area contributed by atoms with E-state index < -0.39 is 0 Å². The van der Waals surface area contributed by atoms with Gasteiger partial charge in [-0.1, -0.05) is 24.1 Å². The molecule has 16 heavy (non-hydrogen) atoms. The molecule has 1 aliphatic carbocycles. The van der Waals surface area contributed by atoms with E-state index in [9.17, 15) is 9.18 Å². The zero-order chi connectivity index (χ0) is 11.5. The summed E-state index contributed by atoms with van der Waals surface area (Å²) in [5.41, 5.74) is 1.79. The van der Waals surface area contributed by atoms with Gasteiger partial charge >= 0.3 is 0 Å². The molecule has 0 aliphatic heterocycles. The molecule has 1 saturated carbocycles. The monoisotopic (exact) mass is 220 g/mol. The van der Waals surface area contributed by atoms with Crippen molar-refractivity contribution in [1.82, 2.24) is 0 Å². The highest BCUT2D eigenvalue weighted by molar-refractivity contribution is 5.79. The minimum atomic E-state index is -0.162. The number of rotatable bonds is 1. The second-order valence-electron chi connectivity index (χ2n) is 4.71. The summed E-state index contributed by atoms with van der Waals surface area (Å²) in [5, 5.41) is 0. The van der Waals surface area contributed by atoms with Crippen molar-refractivity contribution in [2.24, 2.45) is 0 Å². The van der Waals surface area contributed by atoms with E-state index in [0.29, 0.717) is 12.8 Å². The molecule has 1 aliphatic rings. The van der Waals surface area contributed by atoms with Crippen molar-refractivity contribution < 1.29 is 9.18 Å². The largest absolute Gasteiger partial charge is 0.300 e. The first-order chi connectivity index (χ1) is 7.66. The quantitative estimate of drug-likeness (QED) is 0.659. The van der Waals surface area contributed by atoms with E-state index >= 15 is 0 Å². The van der Waals surface area contributed by atoms with E-state index in [1.165, 1.54) is 6.07 Å². The first-order valence-electron chi connectivity index (χ1n) is 5.94. The molecule has 2 rings (SSSR count). The topological polar surface area (TPSA) is 17.1 Å². The predicted octanol–water partition coefficient (Wildman–Crippen LogP) is 3.75. The van der Waals surface area contributed by atoms with Gasteiger partial charge in [0, 0.05) is 12.8 Å². The Balaban J connectivity index is 2.27. The average molecular weight is 220 g/mol. The second kappa shape index (κ2) is 4.77. The molecule has 1 nitrogen and oxygen atoms in total. The number of hydrogen-bond donors (Lipinski definition) is 0. The van der Waals surface area contributed by atoms with Crippen molar-refractivity contribution in [3.8, 4) is 0 Å². The van der Waals surface area contributed by atoms with Gasteiger partial charge in [-0.15, -0.1) is 0 Å². The van der Waals surface area contributed by atoms with Crippen LogP contribution < -0.4 is 0 Å². The van der Waals surface area contributed by atoms with Gasteiger partial charge < -0.3 is 0 Å². The van der Waals surface area contributed by atoms with Crippen LogP contribution in [0.5, 0.6) is 0 Å². The van der Waals surface area contributed by atoms with E-state index in [1.54, 1.807) is 6.07 Å². The lowest BCUT2D eigenvalue weighted by molar-refractivity contribution is -0.119. The van der Waals surface area contributed by atoms with E-state index in [-0.39, 0.29) is 17.5 Å². The molecule has 1 aromatic carbocycles. The van der Waals surface area contributed by atoms with Crippen LogP contribution >= 0.6 is 0 Å². The molecule has 1 atom stereocenters. The molecule has 1 unspecified atom stereocenters. The minimum absolute atomic E-state index is 0.0925. The van der Waals surface area contributed by atoms with Crippen LogP contribution in [0.4, 0.5) is 4.39 Å². The molecule has 0 saturated heterocycles. The van der Waals surface area contributed by atoms with Gasteiger partial charge in [-0.3, -0.25) is 4.79 Å². The Morgan fingerprint density at radius 2 is 2.12 bits per heavy atom. The summed E-state index contributed by atoms with van der Waals surface area (Å²) in [5.74, 6) is 0.212. The maximum atomic E-state index is 13.7. The molecule has 1 fully saturated rings. The summed E-state index contributed by atoms with van der Waals surface area (Å²) in [6.07, 6.45) is 4.11. The first-order valence-corrected chi connectivity index (χ1v) is 5.94. The minimum Gasteiger partial charge on any atom is -0.300 e. The standard InChI is InChI=1S/C14H17FO/c1-10-6-7-14(15)13(8-10)11-4-2-3-5-12(16)9-11/h6-8,11H,2-5,9H2,1H3. The SMILES string of the molecule is Cc1ccc(F)c(C2CCCCC(=O)C2)c1. The lowest BCUT2D eigenvalue weighted by Crippen LogP contribution is -2.06. The molecule has 0 amide bonds. The number of carbonyl (C=O) groups excluding carboxylic acids is 1. The van der Waals surface area contributed by atoms with Crippen molar-refractivity contribution >= 4 is 5.78 Å². The van der Waals surface area contributed by atoms with Crippen LogP contribution in [-0.2, 0) is 4.79 Å². The third kappa shape index (κ3) is 2.49. The molecular formula is C14H17FO. The Labute approximate surface area is 95.7 Å². The van der Waals surface area contributed by atoms with Crippen LogP contribution in [0.15, 0.2) is 18.2 Å². The number of aryl methyl sites for hydroxylation is 1. The summed E-state index contributed by atoms with van der Waals surface area (Å²) < 4.78 is 13.7. The maximum Gasteiger partial charge on any atom is 0.133 e. The summed E-state index contributed by atoms with van der Waals surface area (Å²) >= 11 is 0. The van der Waals surface area contributed by atoms with Crippen molar-refractivity contribution in [3.63, 3.8) is 0 Å². The second-order valence-corrected chi connectivity index (χ2v) is 4.71. The van der Waals surface area contributed by atoms with E-state index in [4.69, 9.17) is 0 Å². The van der Waals surface area contributed by atoms with E-state index in [1.807, 2.05) is 13.0 Å². The predicted molar refractivity (Wildman–Crippen MR) is 62.0 cm³/mol. The molecule has 1 aromatic rings. The Kier molecular flexibility index (Phi) is 3.37. The highest BCUT2D eigenvalue weighted by Crippen LogP contribution is 2.32. The fourth-order valence-electron chi connectivity index (χ4n) is 2.43. The number of Topliss-reactive ketones (excluding diaryl/α,β-unsaturated/α-hetero) is 1. The Morgan fingerprint density at radius 1 is 1.31 bits per heavy atom. The van der Waals surface area contributed by atoms with Gasteiger partial charge in [-0.2, -0.15) is 0 Å². The van der Waals surface area contributed by atoms with Crippen LogP contribution in [0, 0.1) is 12.7 Å². The van der Waals surface area contributed by atoms with Crippen LogP contribution in [0.1, 0.15) is 49.1 Å². The first kappa shape index (κ1) is 11.3. The Bertz CT molecular complexity index is 398. The normalized spacial score (nSPS) is 21.9. The Morgan fingerprint density at radius 3 is 2.94 bits per heavy atom. The summed E-state index contributed by atoms with van der Waals surface area (Å²) in [7, 11) is 0. The van der Waals surface area contributed by atoms with Gasteiger partial charge in [0.25, 0.3) is 0 Å². The van der Waals surface area contributed by atoms with Crippen LogP contribution in [0.25, 0.3) is 0 Å². The zero-order valence-electron chi connectivity index (χ0n) is 9.63. The van der Waals surface area contributed by atoms with Gasteiger partial charge in [0.15, 0.2) is 0 Å². The smallest absolute Gasteiger partial charge is 0.133 e. The number of benzene rings is 1. The summed E-state index contributed by atoms with van der Waals surface area (Å²) in [4.78, 5) is 11.5. The van der Waals surface area contributed by atoms with Crippen molar-refractivity contribution in [1.29, 1.82) is 0 Å². The highest BCUT2D eigenvalue weighted by atomic mass is 19.1. The van der Waals surface area contributed by atoms with Crippen molar-refractivity contribution in [2.45, 2.75) is 44.9 Å². The van der Waals surface area contributed by atoms with E-state index in [2.05, 4.69) is 0 Å². The number of halogens is 1. The fourth-order valence-corrected chi connectivity index (χ4v) is 2.43. The summed E-state index contributed by atoms with van der Waals surface area (Å²) in [6.45, 7) is 1.96. The molecule has 86 valence electrons. The molecular weight excluding hydrogens is 203 g/mol. The number of hydrogen-bond acceptors (Lipinski definition) is 1. The lowest BCUT2D eigenvalue weighted by Gasteiger charge is -2.15. The highest BCUT2D eigenvalue weighted by Gasteiger charge is 2.21. The third-order valence-corrected chi connectivity index (χ3v) is 3.32. The third-order valence-electron chi connectivity index (χ3n) is 3.32. The zero-order valence-corrected chi connectivity index (χ0v) is 9.63. The van der Waals surface area contributed by atoms with Crippen LogP contribution in [0.3, 0.4) is 0 Å².